The summed E-state index contributed by atoms with van der Waals surface area (Å²) in [5, 5.41) is 11.1. The monoisotopic (exact) mass is 396 g/mol. The van der Waals surface area contributed by atoms with Gasteiger partial charge in [-0.3, -0.25) is 18.9 Å². The van der Waals surface area contributed by atoms with E-state index in [1.54, 1.807) is 46.7 Å². The lowest BCUT2D eigenvalue weighted by Gasteiger charge is -2.38. The first-order chi connectivity index (χ1) is 13.9. The number of pyridine rings is 1. The number of hydrogen-bond acceptors (Lipinski definition) is 5. The zero-order valence-electron chi connectivity index (χ0n) is 16.2. The fourth-order valence-corrected chi connectivity index (χ4v) is 3.47. The zero-order chi connectivity index (χ0) is 20.5. The number of carbonyl (C=O) groups excluding carboxylic acids is 2. The van der Waals surface area contributed by atoms with E-state index in [2.05, 4.69) is 20.4 Å². The number of para-hydroxylation sites is 1. The van der Waals surface area contributed by atoms with Crippen molar-refractivity contribution >= 4 is 23.1 Å². The molecule has 2 amide bonds. The highest BCUT2D eigenvalue weighted by Gasteiger charge is 2.30. The van der Waals surface area contributed by atoms with Crippen LogP contribution in [0.4, 0.5) is 10.1 Å². The molecule has 0 aliphatic carbocycles. The van der Waals surface area contributed by atoms with Gasteiger partial charge in [0, 0.05) is 32.8 Å². The Labute approximate surface area is 166 Å². The number of hydrogen-bond donors (Lipinski definition) is 1. The van der Waals surface area contributed by atoms with Crippen molar-refractivity contribution in [3.63, 3.8) is 0 Å². The largest absolute Gasteiger partial charge is 0.340 e. The van der Waals surface area contributed by atoms with Crippen molar-refractivity contribution in [1.82, 2.24) is 24.4 Å². The quantitative estimate of drug-likeness (QED) is 0.732. The van der Waals surface area contributed by atoms with E-state index in [4.69, 9.17) is 0 Å². The maximum atomic E-state index is 13.8. The van der Waals surface area contributed by atoms with Crippen LogP contribution in [-0.2, 0) is 4.79 Å². The van der Waals surface area contributed by atoms with Crippen LogP contribution in [-0.4, -0.2) is 62.9 Å². The number of fused-ring (bicyclic) bond motifs is 1. The van der Waals surface area contributed by atoms with Crippen LogP contribution < -0.4 is 5.32 Å². The standard InChI is InChI=1S/C20H21FN6O2/c1-13(28)26-10-9-25(2)17(12-26)19-24-23-18-8-7-14(11-27(18)19)20(29)22-16-6-4-3-5-15(16)21/h3-8,11,17H,9-10,12H2,1-2H3,(H,22,29). The summed E-state index contributed by atoms with van der Waals surface area (Å²) in [6.07, 6.45) is 1.64. The molecule has 1 N–H and O–H groups in total. The molecule has 0 saturated carbocycles. The Morgan fingerprint density at radius 3 is 2.69 bits per heavy atom. The smallest absolute Gasteiger partial charge is 0.257 e. The lowest BCUT2D eigenvalue weighted by Crippen LogP contribution is -2.48. The SMILES string of the molecule is CC(=O)N1CCN(C)C(c2nnc3ccc(C(=O)Nc4ccccc4F)cn23)C1. The molecule has 3 aromatic rings. The van der Waals surface area contributed by atoms with Crippen LogP contribution in [0.25, 0.3) is 5.65 Å². The molecule has 4 rings (SSSR count). The summed E-state index contributed by atoms with van der Waals surface area (Å²) in [6.45, 7) is 3.43. The predicted molar refractivity (Wildman–Crippen MR) is 105 cm³/mol. The second-order valence-electron chi connectivity index (χ2n) is 7.10. The molecule has 1 fully saturated rings. The van der Waals surface area contributed by atoms with Crippen LogP contribution in [0.2, 0.25) is 0 Å². The van der Waals surface area contributed by atoms with Crippen molar-refractivity contribution in [3.05, 3.63) is 59.8 Å². The Morgan fingerprint density at radius 2 is 1.93 bits per heavy atom. The van der Waals surface area contributed by atoms with Gasteiger partial charge in [-0.15, -0.1) is 10.2 Å². The molecule has 9 heteroatoms. The van der Waals surface area contributed by atoms with E-state index >= 15 is 0 Å². The number of amides is 2. The maximum absolute atomic E-state index is 13.8. The van der Waals surface area contributed by atoms with Gasteiger partial charge >= 0.3 is 0 Å². The number of aromatic nitrogens is 3. The molecule has 3 heterocycles. The van der Waals surface area contributed by atoms with Gasteiger partial charge in [0.25, 0.3) is 5.91 Å². The summed E-state index contributed by atoms with van der Waals surface area (Å²) in [6, 6.07) is 9.17. The molecule has 0 bridgehead atoms. The van der Waals surface area contributed by atoms with Crippen LogP contribution in [0.3, 0.4) is 0 Å². The number of piperazine rings is 1. The Bertz CT molecular complexity index is 1080. The first-order valence-corrected chi connectivity index (χ1v) is 9.30. The fourth-order valence-electron chi connectivity index (χ4n) is 3.47. The van der Waals surface area contributed by atoms with E-state index in [0.29, 0.717) is 36.7 Å². The lowest BCUT2D eigenvalue weighted by atomic mass is 10.1. The van der Waals surface area contributed by atoms with Gasteiger partial charge in [-0.25, -0.2) is 4.39 Å². The van der Waals surface area contributed by atoms with Gasteiger partial charge in [-0.05, 0) is 31.3 Å². The third-order valence-electron chi connectivity index (χ3n) is 5.20. The summed E-state index contributed by atoms with van der Waals surface area (Å²) in [5.74, 6) is -0.269. The Hall–Kier alpha value is -3.33. The Balaban J connectivity index is 1.65. The van der Waals surface area contributed by atoms with Gasteiger partial charge in [0.2, 0.25) is 5.91 Å². The van der Waals surface area contributed by atoms with Gasteiger partial charge in [0.05, 0.1) is 17.3 Å². The van der Waals surface area contributed by atoms with Gasteiger partial charge in [-0.2, -0.15) is 0 Å². The maximum Gasteiger partial charge on any atom is 0.257 e. The van der Waals surface area contributed by atoms with Gasteiger partial charge < -0.3 is 10.2 Å². The third-order valence-corrected chi connectivity index (χ3v) is 5.20. The van der Waals surface area contributed by atoms with Crippen molar-refractivity contribution in [1.29, 1.82) is 0 Å². The second-order valence-corrected chi connectivity index (χ2v) is 7.10. The molecule has 8 nitrogen and oxygen atoms in total. The minimum atomic E-state index is -0.500. The number of carbonyl (C=O) groups is 2. The number of nitrogens with one attached hydrogen (secondary N) is 1. The highest BCUT2D eigenvalue weighted by Crippen LogP contribution is 2.24. The molecule has 1 unspecified atom stereocenters. The molecule has 1 aliphatic heterocycles. The van der Waals surface area contributed by atoms with Crippen LogP contribution in [0.1, 0.15) is 29.1 Å². The molecule has 29 heavy (non-hydrogen) atoms. The molecular weight excluding hydrogens is 375 g/mol. The number of rotatable bonds is 3. The van der Waals surface area contributed by atoms with Crippen molar-refractivity contribution in [2.45, 2.75) is 13.0 Å². The van der Waals surface area contributed by atoms with Crippen LogP contribution in [0.15, 0.2) is 42.6 Å². The molecule has 0 spiro atoms. The average molecular weight is 396 g/mol. The average Bonchev–Trinajstić information content (AvgIpc) is 3.13. The highest BCUT2D eigenvalue weighted by atomic mass is 19.1. The van der Waals surface area contributed by atoms with Gasteiger partial charge in [0.15, 0.2) is 11.5 Å². The second kappa shape index (κ2) is 7.59. The number of benzene rings is 1. The molecule has 150 valence electrons. The third kappa shape index (κ3) is 3.68. The summed E-state index contributed by atoms with van der Waals surface area (Å²) in [7, 11) is 1.97. The zero-order valence-corrected chi connectivity index (χ0v) is 16.2. The topological polar surface area (TPSA) is 82.8 Å². The van der Waals surface area contributed by atoms with E-state index < -0.39 is 11.7 Å². The minimum absolute atomic E-state index is 0.0156. The Morgan fingerprint density at radius 1 is 1.14 bits per heavy atom. The predicted octanol–water partition coefficient (Wildman–Crippen LogP) is 1.96. The van der Waals surface area contributed by atoms with Crippen LogP contribution in [0, 0.1) is 5.82 Å². The number of halogens is 1. The van der Waals surface area contributed by atoms with Crippen molar-refractivity contribution in [2.24, 2.45) is 0 Å². The fraction of sp³-hybridized carbons (Fsp3) is 0.300. The molecule has 1 saturated heterocycles. The first-order valence-electron chi connectivity index (χ1n) is 9.30. The minimum Gasteiger partial charge on any atom is -0.340 e. The molecule has 1 aliphatic rings. The highest BCUT2D eigenvalue weighted by molar-refractivity contribution is 6.04. The van der Waals surface area contributed by atoms with Gasteiger partial charge in [-0.1, -0.05) is 12.1 Å². The van der Waals surface area contributed by atoms with Crippen LogP contribution >= 0.6 is 0 Å². The van der Waals surface area contributed by atoms with E-state index in [1.165, 1.54) is 12.1 Å². The van der Waals surface area contributed by atoms with Crippen molar-refractivity contribution in [3.8, 4) is 0 Å². The first kappa shape index (κ1) is 19.0. The molecule has 1 aromatic carbocycles. The van der Waals surface area contributed by atoms with Crippen molar-refractivity contribution < 1.29 is 14.0 Å². The van der Waals surface area contributed by atoms with E-state index in [-0.39, 0.29) is 17.6 Å². The molecular formula is C20H21FN6O2. The number of likely N-dealkylation sites (N-methyl/N-ethyl adjacent to an activating group) is 1. The molecule has 1 atom stereocenters. The molecule has 0 radical (unpaired) electrons. The normalized spacial score (nSPS) is 17.5. The molecule has 2 aromatic heterocycles. The van der Waals surface area contributed by atoms with E-state index in [0.717, 1.165) is 0 Å². The summed E-state index contributed by atoms with van der Waals surface area (Å²) < 4.78 is 15.6. The lowest BCUT2D eigenvalue weighted by molar-refractivity contribution is -0.131. The van der Waals surface area contributed by atoms with E-state index in [1.807, 2.05) is 7.05 Å². The number of anilines is 1. The number of nitrogens with zero attached hydrogens (tertiary/aromatic N) is 5. The summed E-state index contributed by atoms with van der Waals surface area (Å²) in [5.41, 5.74) is 1.06. The van der Waals surface area contributed by atoms with Crippen molar-refractivity contribution in [2.75, 3.05) is 32.0 Å². The van der Waals surface area contributed by atoms with Gasteiger partial charge in [0.1, 0.15) is 5.82 Å². The Kier molecular flexibility index (Phi) is 4.98. The summed E-state index contributed by atoms with van der Waals surface area (Å²) >= 11 is 0. The van der Waals surface area contributed by atoms with E-state index in [9.17, 15) is 14.0 Å². The van der Waals surface area contributed by atoms with Crippen LogP contribution in [0.5, 0.6) is 0 Å². The summed E-state index contributed by atoms with van der Waals surface area (Å²) in [4.78, 5) is 28.3.